The van der Waals surface area contributed by atoms with Gasteiger partial charge in [-0.15, -0.1) is 0 Å². The molecule has 2 atom stereocenters. The van der Waals surface area contributed by atoms with Crippen molar-refractivity contribution in [1.82, 2.24) is 14.9 Å². The van der Waals surface area contributed by atoms with Gasteiger partial charge in [0.2, 0.25) is 0 Å². The number of anilines is 2. The van der Waals surface area contributed by atoms with Gasteiger partial charge in [-0.25, -0.2) is 4.99 Å². The number of aromatic nitrogens is 2. The first-order chi connectivity index (χ1) is 16.0. The van der Waals surface area contributed by atoms with Gasteiger partial charge in [-0.1, -0.05) is 0 Å². The predicted octanol–water partition coefficient (Wildman–Crippen LogP) is 4.10. The van der Waals surface area contributed by atoms with E-state index >= 15 is 0 Å². The molecule has 1 fully saturated rings. The molecule has 0 saturated carbocycles. The molecule has 3 aromatic rings. The number of pyridine rings is 1. The van der Waals surface area contributed by atoms with Crippen molar-refractivity contribution in [2.45, 2.75) is 26.1 Å². The van der Waals surface area contributed by atoms with Crippen LogP contribution in [0.2, 0.25) is 0 Å². The maximum absolute atomic E-state index is 8.62. The van der Waals surface area contributed by atoms with Crippen LogP contribution in [0.25, 0.3) is 0 Å². The largest absolute Gasteiger partial charge is 0.372 e. The molecular weight excluding hydrogens is 434 g/mol. The first-order valence-corrected chi connectivity index (χ1v) is 11.2. The lowest BCUT2D eigenvalue weighted by atomic mass is 10.2. The van der Waals surface area contributed by atoms with Crippen molar-refractivity contribution in [3.63, 3.8) is 0 Å². The van der Waals surface area contributed by atoms with Gasteiger partial charge in [-0.3, -0.25) is 10.4 Å². The summed E-state index contributed by atoms with van der Waals surface area (Å²) in [6.07, 6.45) is 5.47. The first kappa shape index (κ1) is 22.6. The van der Waals surface area contributed by atoms with Crippen molar-refractivity contribution in [1.29, 1.82) is 5.41 Å². The molecule has 3 heterocycles. The quantitative estimate of drug-likeness (QED) is 0.265. The maximum atomic E-state index is 8.62. The fraction of sp³-hybridized carbons (Fsp3) is 0.250. The highest BCUT2D eigenvalue weighted by atomic mass is 32.1. The van der Waals surface area contributed by atoms with E-state index in [2.05, 4.69) is 39.3 Å². The van der Waals surface area contributed by atoms with E-state index in [4.69, 9.17) is 27.4 Å². The van der Waals surface area contributed by atoms with Gasteiger partial charge in [0.05, 0.1) is 29.8 Å². The highest BCUT2D eigenvalue weighted by molar-refractivity contribution is 7.80. The van der Waals surface area contributed by atoms with Crippen LogP contribution in [0, 0.1) is 5.41 Å². The number of rotatable bonds is 4. The highest BCUT2D eigenvalue weighted by Crippen LogP contribution is 2.17. The van der Waals surface area contributed by atoms with E-state index in [-0.39, 0.29) is 18.0 Å². The van der Waals surface area contributed by atoms with E-state index < -0.39 is 0 Å². The number of amidine groups is 2. The second kappa shape index (κ2) is 10.4. The number of nitrogens with one attached hydrogen (secondary N) is 4. The fourth-order valence-electron chi connectivity index (χ4n) is 3.73. The smallest absolute Gasteiger partial charge is 0.175 e. The van der Waals surface area contributed by atoms with Crippen LogP contribution in [0.1, 0.15) is 25.1 Å². The molecule has 8 nitrogen and oxygen atoms in total. The summed E-state index contributed by atoms with van der Waals surface area (Å²) >= 11 is 5.36. The van der Waals surface area contributed by atoms with Crippen LogP contribution in [-0.4, -0.2) is 56.9 Å². The lowest BCUT2D eigenvalue weighted by molar-refractivity contribution is -0.0478. The van der Waals surface area contributed by atoms with Gasteiger partial charge in [0.1, 0.15) is 0 Å². The van der Waals surface area contributed by atoms with Gasteiger partial charge in [-0.05, 0) is 74.6 Å². The zero-order valence-electron chi connectivity index (χ0n) is 18.6. The zero-order chi connectivity index (χ0) is 23.2. The minimum absolute atomic E-state index is 0.0950. The Balaban J connectivity index is 1.47. The lowest BCUT2D eigenvalue weighted by Crippen LogP contribution is -2.48. The summed E-state index contributed by atoms with van der Waals surface area (Å²) < 4.78 is 5.87. The molecule has 33 heavy (non-hydrogen) atoms. The highest BCUT2D eigenvalue weighted by Gasteiger charge is 2.26. The van der Waals surface area contributed by atoms with Crippen LogP contribution in [0.5, 0.6) is 0 Å². The van der Waals surface area contributed by atoms with Gasteiger partial charge < -0.3 is 25.3 Å². The van der Waals surface area contributed by atoms with E-state index in [1.807, 2.05) is 54.7 Å². The average molecular weight is 462 g/mol. The number of aromatic amines is 1. The summed E-state index contributed by atoms with van der Waals surface area (Å²) in [6.45, 7) is 5.55. The molecule has 4 N–H and O–H groups in total. The maximum Gasteiger partial charge on any atom is 0.175 e. The SMILES string of the molecule is C[C@@H]1CN(C(=NC(=N)c2ccc(NC(=S)Nc3cccnc3)cc2)c2ccc[nH]2)C[C@H](C)O1. The Morgan fingerprint density at radius 2 is 1.82 bits per heavy atom. The second-order valence-corrected chi connectivity index (χ2v) is 8.34. The van der Waals surface area contributed by atoms with E-state index in [0.717, 1.165) is 36.0 Å². The minimum Gasteiger partial charge on any atom is -0.372 e. The van der Waals surface area contributed by atoms with Gasteiger partial charge >= 0.3 is 0 Å². The van der Waals surface area contributed by atoms with Gasteiger partial charge in [0, 0.05) is 36.7 Å². The normalized spacial score (nSPS) is 18.6. The number of hydrogen-bond donors (Lipinski definition) is 4. The Hall–Kier alpha value is -3.56. The van der Waals surface area contributed by atoms with Crippen LogP contribution in [0.3, 0.4) is 0 Å². The number of morpholine rings is 1. The summed E-state index contributed by atoms with van der Waals surface area (Å²) in [4.78, 5) is 14.2. The van der Waals surface area contributed by atoms with E-state index in [0.29, 0.717) is 10.7 Å². The summed E-state index contributed by atoms with van der Waals surface area (Å²) in [5, 5.41) is 15.3. The Morgan fingerprint density at radius 3 is 2.45 bits per heavy atom. The van der Waals surface area contributed by atoms with Crippen molar-refractivity contribution in [3.8, 4) is 0 Å². The molecule has 0 unspecified atom stereocenters. The number of hydrogen-bond acceptors (Lipinski definition) is 4. The van der Waals surface area contributed by atoms with E-state index in [9.17, 15) is 0 Å². The summed E-state index contributed by atoms with van der Waals surface area (Å²) in [6, 6.07) is 15.1. The molecular formula is C24H27N7OS. The zero-order valence-corrected chi connectivity index (χ0v) is 19.4. The number of ether oxygens (including phenoxy) is 1. The second-order valence-electron chi connectivity index (χ2n) is 7.93. The molecule has 1 aromatic carbocycles. The number of benzene rings is 1. The first-order valence-electron chi connectivity index (χ1n) is 10.8. The van der Waals surface area contributed by atoms with Crippen LogP contribution in [0.15, 0.2) is 72.1 Å². The number of nitrogens with zero attached hydrogens (tertiary/aromatic N) is 3. The summed E-state index contributed by atoms with van der Waals surface area (Å²) in [7, 11) is 0. The van der Waals surface area contributed by atoms with Crippen molar-refractivity contribution in [2.24, 2.45) is 4.99 Å². The molecule has 0 amide bonds. The molecule has 4 rings (SSSR count). The lowest BCUT2D eigenvalue weighted by Gasteiger charge is -2.37. The van der Waals surface area contributed by atoms with E-state index in [1.54, 1.807) is 12.4 Å². The minimum atomic E-state index is 0.0950. The van der Waals surface area contributed by atoms with Crippen LogP contribution in [-0.2, 0) is 4.74 Å². The number of thiocarbonyl (C=S) groups is 1. The van der Waals surface area contributed by atoms with Gasteiger partial charge in [0.25, 0.3) is 0 Å². The monoisotopic (exact) mass is 461 g/mol. The van der Waals surface area contributed by atoms with Crippen molar-refractivity contribution >= 4 is 40.4 Å². The van der Waals surface area contributed by atoms with Crippen LogP contribution < -0.4 is 10.6 Å². The van der Waals surface area contributed by atoms with E-state index in [1.165, 1.54) is 0 Å². The molecule has 0 aliphatic carbocycles. The molecule has 170 valence electrons. The Kier molecular flexibility index (Phi) is 7.11. The number of H-pyrrole nitrogens is 1. The molecule has 0 radical (unpaired) electrons. The standard InChI is InChI=1S/C24H27N7OS/c1-16-14-31(15-17(2)32-16)23(21-6-4-12-27-21)30-22(25)18-7-9-19(10-8-18)28-24(33)29-20-5-3-11-26-13-20/h3-13,16-17,25,27H,14-15H2,1-2H3,(H2,28,29,33)/t16-,17+. The molecule has 1 saturated heterocycles. The summed E-state index contributed by atoms with van der Waals surface area (Å²) in [5.74, 6) is 0.935. The topological polar surface area (TPSA) is 101 Å². The molecule has 0 bridgehead atoms. The van der Waals surface area contributed by atoms with Crippen LogP contribution >= 0.6 is 12.2 Å². The Morgan fingerprint density at radius 1 is 1.09 bits per heavy atom. The average Bonchev–Trinajstić information content (AvgIpc) is 3.32. The third-order valence-corrected chi connectivity index (χ3v) is 5.32. The fourth-order valence-corrected chi connectivity index (χ4v) is 3.97. The summed E-state index contributed by atoms with van der Waals surface area (Å²) in [5.41, 5.74) is 3.22. The third-order valence-electron chi connectivity index (χ3n) is 5.11. The Bertz CT molecular complexity index is 1100. The Labute approximate surface area is 198 Å². The van der Waals surface area contributed by atoms with Gasteiger partial charge in [0.15, 0.2) is 16.8 Å². The number of aliphatic imine (C=N–C) groups is 1. The predicted molar refractivity (Wildman–Crippen MR) is 136 cm³/mol. The third kappa shape index (κ3) is 6.03. The molecule has 9 heteroatoms. The molecule has 2 aromatic heterocycles. The van der Waals surface area contributed by atoms with Crippen molar-refractivity contribution < 1.29 is 4.74 Å². The van der Waals surface area contributed by atoms with Crippen molar-refractivity contribution in [3.05, 3.63) is 78.4 Å². The van der Waals surface area contributed by atoms with Crippen molar-refractivity contribution in [2.75, 3.05) is 23.7 Å². The van der Waals surface area contributed by atoms with Gasteiger partial charge in [-0.2, -0.15) is 0 Å². The molecule has 1 aliphatic rings. The molecule has 1 aliphatic heterocycles. The molecule has 0 spiro atoms. The van der Waals surface area contributed by atoms with Crippen LogP contribution in [0.4, 0.5) is 11.4 Å².